The molecule has 2 N–H and O–H groups in total. The molecule has 2 aliphatic rings. The van der Waals surface area contributed by atoms with Crippen LogP contribution >= 0.6 is 15.9 Å². The quantitative estimate of drug-likeness (QED) is 0.675. The summed E-state index contributed by atoms with van der Waals surface area (Å²) in [5.74, 6) is 0.817. The third-order valence-electron chi connectivity index (χ3n) is 6.12. The first-order valence-corrected chi connectivity index (χ1v) is 10.3. The molecule has 5 heteroatoms. The van der Waals surface area contributed by atoms with Gasteiger partial charge >= 0.3 is 0 Å². The molecule has 0 bridgehead atoms. The van der Waals surface area contributed by atoms with Gasteiger partial charge in [0.2, 0.25) is 0 Å². The highest BCUT2D eigenvalue weighted by Gasteiger charge is 2.48. The summed E-state index contributed by atoms with van der Waals surface area (Å²) in [6, 6.07) is 10.4. The van der Waals surface area contributed by atoms with E-state index in [1.54, 1.807) is 7.11 Å². The standard InChI is InChI=1S/C22H26BrFN2O/c1-13-10-18-14(2)19(25)7-6-16(18)21(26(13)12-22(24)8-9-22)17-5-4-15(23)11-20(17)27-3/h4-7,11,13,21H,8-10,12,25H2,1-3H3/t13-,21+/m1/s1. The Morgan fingerprint density at radius 1 is 1.26 bits per heavy atom. The lowest BCUT2D eigenvalue weighted by Gasteiger charge is -2.44. The SMILES string of the molecule is COc1cc(Br)ccc1[C@@H]1c2ccc(N)c(C)c2C[C@@H](C)N1CC1(F)CC1. The van der Waals surface area contributed by atoms with Gasteiger partial charge in [-0.2, -0.15) is 0 Å². The molecule has 1 fully saturated rings. The normalized spacial score (nSPS) is 23.7. The Morgan fingerprint density at radius 2 is 1.96 bits per heavy atom. The van der Waals surface area contributed by atoms with E-state index in [4.69, 9.17) is 10.5 Å². The summed E-state index contributed by atoms with van der Waals surface area (Å²) in [7, 11) is 1.69. The second-order valence-corrected chi connectivity index (χ2v) is 8.93. The van der Waals surface area contributed by atoms with Crippen LogP contribution in [0.2, 0.25) is 0 Å². The van der Waals surface area contributed by atoms with E-state index in [-0.39, 0.29) is 12.1 Å². The average Bonchev–Trinajstić information content (AvgIpc) is 3.37. The van der Waals surface area contributed by atoms with Gasteiger partial charge in [-0.15, -0.1) is 0 Å². The van der Waals surface area contributed by atoms with Gasteiger partial charge in [0.25, 0.3) is 0 Å². The predicted molar refractivity (Wildman–Crippen MR) is 111 cm³/mol. The number of hydrogen-bond acceptors (Lipinski definition) is 3. The number of halogens is 2. The van der Waals surface area contributed by atoms with Crippen molar-refractivity contribution in [3.05, 3.63) is 57.1 Å². The summed E-state index contributed by atoms with van der Waals surface area (Å²) in [6.45, 7) is 4.74. The molecule has 3 nitrogen and oxygen atoms in total. The number of benzene rings is 2. The summed E-state index contributed by atoms with van der Waals surface area (Å²) in [4.78, 5) is 2.32. The number of alkyl halides is 1. The van der Waals surface area contributed by atoms with Crippen molar-refractivity contribution >= 4 is 21.6 Å². The molecule has 1 aliphatic carbocycles. The van der Waals surface area contributed by atoms with Gasteiger partial charge in [-0.3, -0.25) is 4.90 Å². The highest BCUT2D eigenvalue weighted by atomic mass is 79.9. The van der Waals surface area contributed by atoms with Crippen molar-refractivity contribution in [1.82, 2.24) is 4.90 Å². The fraction of sp³-hybridized carbons (Fsp3) is 0.455. The summed E-state index contributed by atoms with van der Waals surface area (Å²) in [6.07, 6.45) is 2.21. The van der Waals surface area contributed by atoms with E-state index < -0.39 is 5.67 Å². The Bertz CT molecular complexity index is 881. The molecule has 2 aromatic carbocycles. The summed E-state index contributed by atoms with van der Waals surface area (Å²) >= 11 is 3.53. The third kappa shape index (κ3) is 3.36. The van der Waals surface area contributed by atoms with Crippen LogP contribution in [0.1, 0.15) is 48.1 Å². The fourth-order valence-electron chi connectivity index (χ4n) is 4.29. The molecule has 1 heterocycles. The summed E-state index contributed by atoms with van der Waals surface area (Å²) in [5.41, 5.74) is 10.7. The second-order valence-electron chi connectivity index (χ2n) is 8.01. The number of nitrogens with two attached hydrogens (primary N) is 1. The lowest BCUT2D eigenvalue weighted by molar-refractivity contribution is 0.0968. The van der Waals surface area contributed by atoms with Crippen LogP contribution in [0.25, 0.3) is 0 Å². The Labute approximate surface area is 168 Å². The number of nitrogen functional groups attached to an aromatic ring is 1. The van der Waals surface area contributed by atoms with E-state index in [1.165, 1.54) is 11.1 Å². The van der Waals surface area contributed by atoms with Gasteiger partial charge in [-0.25, -0.2) is 4.39 Å². The third-order valence-corrected chi connectivity index (χ3v) is 6.61. The van der Waals surface area contributed by atoms with Gasteiger partial charge in [0.05, 0.1) is 13.2 Å². The van der Waals surface area contributed by atoms with Crippen molar-refractivity contribution in [1.29, 1.82) is 0 Å². The van der Waals surface area contributed by atoms with E-state index in [0.717, 1.165) is 33.5 Å². The number of methoxy groups -OCH3 is 1. The Balaban J connectivity index is 1.89. The van der Waals surface area contributed by atoms with Crippen molar-refractivity contribution < 1.29 is 9.13 Å². The minimum atomic E-state index is -1.05. The van der Waals surface area contributed by atoms with Gasteiger partial charge in [0, 0.05) is 28.3 Å². The van der Waals surface area contributed by atoms with Crippen LogP contribution in [0.5, 0.6) is 5.75 Å². The van der Waals surface area contributed by atoms with Gasteiger partial charge in [0.15, 0.2) is 0 Å². The molecule has 144 valence electrons. The van der Waals surface area contributed by atoms with Crippen molar-refractivity contribution in [2.45, 2.75) is 50.9 Å². The van der Waals surface area contributed by atoms with E-state index in [2.05, 4.69) is 46.8 Å². The molecule has 0 saturated heterocycles. The lowest BCUT2D eigenvalue weighted by Crippen LogP contribution is -2.46. The molecule has 0 unspecified atom stereocenters. The maximum absolute atomic E-state index is 14.8. The second kappa shape index (κ2) is 6.78. The fourth-order valence-corrected chi connectivity index (χ4v) is 4.63. The molecule has 0 radical (unpaired) electrons. The maximum atomic E-state index is 14.8. The number of nitrogens with zero attached hydrogens (tertiary/aromatic N) is 1. The highest BCUT2D eigenvalue weighted by molar-refractivity contribution is 9.10. The molecule has 27 heavy (non-hydrogen) atoms. The van der Waals surface area contributed by atoms with Crippen molar-refractivity contribution in [3.8, 4) is 5.75 Å². The largest absolute Gasteiger partial charge is 0.496 e. The number of hydrogen-bond donors (Lipinski definition) is 1. The molecule has 0 spiro atoms. The first-order valence-electron chi connectivity index (χ1n) is 9.49. The van der Waals surface area contributed by atoms with E-state index >= 15 is 0 Å². The van der Waals surface area contributed by atoms with Crippen molar-refractivity contribution in [3.63, 3.8) is 0 Å². The lowest BCUT2D eigenvalue weighted by atomic mass is 9.82. The van der Waals surface area contributed by atoms with Gasteiger partial charge in [-0.05, 0) is 68.0 Å². The Morgan fingerprint density at radius 3 is 2.63 bits per heavy atom. The van der Waals surface area contributed by atoms with Crippen LogP contribution in [-0.4, -0.2) is 30.3 Å². The number of rotatable bonds is 4. The van der Waals surface area contributed by atoms with Crippen LogP contribution in [-0.2, 0) is 6.42 Å². The zero-order valence-electron chi connectivity index (χ0n) is 16.1. The predicted octanol–water partition coefficient (Wildman–Crippen LogP) is 5.19. The molecule has 0 aromatic heterocycles. The number of ether oxygens (including phenoxy) is 1. The molecule has 1 aliphatic heterocycles. The maximum Gasteiger partial charge on any atom is 0.125 e. The first-order chi connectivity index (χ1) is 12.8. The monoisotopic (exact) mass is 432 g/mol. The molecule has 2 aromatic rings. The highest BCUT2D eigenvalue weighted by Crippen LogP contribution is 2.48. The summed E-state index contributed by atoms with van der Waals surface area (Å²) in [5, 5.41) is 0. The zero-order valence-corrected chi connectivity index (χ0v) is 17.6. The molecule has 0 amide bonds. The zero-order chi connectivity index (χ0) is 19.3. The molecule has 4 rings (SSSR count). The minimum absolute atomic E-state index is 0.0423. The van der Waals surface area contributed by atoms with Crippen molar-refractivity contribution in [2.24, 2.45) is 0 Å². The Kier molecular flexibility index (Phi) is 4.71. The first kappa shape index (κ1) is 18.8. The van der Waals surface area contributed by atoms with Crippen LogP contribution in [0.15, 0.2) is 34.8 Å². The van der Waals surface area contributed by atoms with Crippen LogP contribution in [0, 0.1) is 6.92 Å². The van der Waals surface area contributed by atoms with Gasteiger partial charge in [0.1, 0.15) is 11.4 Å². The van der Waals surface area contributed by atoms with Crippen LogP contribution in [0.3, 0.4) is 0 Å². The van der Waals surface area contributed by atoms with Crippen LogP contribution < -0.4 is 10.5 Å². The van der Waals surface area contributed by atoms with E-state index in [9.17, 15) is 4.39 Å². The Hall–Kier alpha value is -1.59. The molecule has 2 atom stereocenters. The number of anilines is 1. The van der Waals surface area contributed by atoms with E-state index in [1.807, 2.05) is 18.2 Å². The number of fused-ring (bicyclic) bond motifs is 1. The van der Waals surface area contributed by atoms with Gasteiger partial charge < -0.3 is 10.5 Å². The average molecular weight is 433 g/mol. The van der Waals surface area contributed by atoms with Crippen LogP contribution in [0.4, 0.5) is 10.1 Å². The van der Waals surface area contributed by atoms with Crippen molar-refractivity contribution in [2.75, 3.05) is 19.4 Å². The topological polar surface area (TPSA) is 38.5 Å². The molecule has 1 saturated carbocycles. The van der Waals surface area contributed by atoms with E-state index in [0.29, 0.717) is 19.4 Å². The van der Waals surface area contributed by atoms with Gasteiger partial charge in [-0.1, -0.05) is 28.1 Å². The molecular formula is C22H26BrFN2O. The molecular weight excluding hydrogens is 407 g/mol. The summed E-state index contributed by atoms with van der Waals surface area (Å²) < 4.78 is 21.5. The minimum Gasteiger partial charge on any atom is -0.496 e. The smallest absolute Gasteiger partial charge is 0.125 e.